The normalized spacial score (nSPS) is 18.2. The lowest BCUT2D eigenvalue weighted by molar-refractivity contribution is -0.140. The van der Waals surface area contributed by atoms with Crippen molar-refractivity contribution in [2.75, 3.05) is 13.1 Å². The van der Waals surface area contributed by atoms with Gasteiger partial charge < -0.3 is 19.9 Å². The number of rotatable bonds is 6. The summed E-state index contributed by atoms with van der Waals surface area (Å²) in [5.74, 6) is -1.09. The molecule has 190 valence electrons. The van der Waals surface area contributed by atoms with Crippen molar-refractivity contribution in [3.8, 4) is 6.01 Å². The molecule has 2 amide bonds. The summed E-state index contributed by atoms with van der Waals surface area (Å²) in [5, 5.41) is 2.75. The Kier molecular flexibility index (Phi) is 7.39. The summed E-state index contributed by atoms with van der Waals surface area (Å²) in [5.41, 5.74) is -0.221. The number of ether oxygens (including phenoxy) is 1. The number of fused-ring (bicyclic) bond motifs is 1. The highest BCUT2D eigenvalue weighted by Crippen LogP contribution is 2.32. The number of benzene rings is 1. The summed E-state index contributed by atoms with van der Waals surface area (Å²) in [6.45, 7) is 8.65. The summed E-state index contributed by atoms with van der Waals surface area (Å²) >= 11 is 3.31. The number of amides is 2. The first-order chi connectivity index (χ1) is 17.0. The van der Waals surface area contributed by atoms with E-state index in [2.05, 4.69) is 41.2 Å². The van der Waals surface area contributed by atoms with E-state index in [4.69, 9.17) is 4.74 Å². The molecule has 1 unspecified atom stereocenters. The molecule has 11 heteroatoms. The second kappa shape index (κ2) is 10.3. The molecule has 2 aromatic heterocycles. The third-order valence-electron chi connectivity index (χ3n) is 6.32. The molecule has 0 aliphatic carbocycles. The van der Waals surface area contributed by atoms with E-state index in [-0.39, 0.29) is 35.0 Å². The van der Waals surface area contributed by atoms with Gasteiger partial charge in [-0.1, -0.05) is 39.8 Å². The number of hydrogen-bond acceptors (Lipinski definition) is 7. The molecule has 0 bridgehead atoms. The van der Waals surface area contributed by atoms with Gasteiger partial charge in [-0.05, 0) is 34.0 Å². The standard InChI is InChI=1S/C25H29BrN6O4/c1-14(2)19(31-22(34)20-21(33)30-17-8-6-5-7-16(17)29-20)23(35)32-10-9-18(25(3,4)13-32)36-24-27-11-15(26)12-28-24/h5-8,11-12,14,18-19H,9-10,13H2,1-4H3,(H,30,33)(H,31,34)/t18?,19-/m0/s1. The maximum atomic E-state index is 13.5. The number of hydrogen-bond donors (Lipinski definition) is 2. The molecule has 1 aromatic carbocycles. The van der Waals surface area contributed by atoms with Crippen LogP contribution >= 0.6 is 15.9 Å². The summed E-state index contributed by atoms with van der Waals surface area (Å²) in [7, 11) is 0. The van der Waals surface area contributed by atoms with Crippen molar-refractivity contribution in [3.05, 3.63) is 57.2 Å². The topological polar surface area (TPSA) is 130 Å². The number of H-pyrrole nitrogens is 1. The van der Waals surface area contributed by atoms with Gasteiger partial charge in [0.1, 0.15) is 12.1 Å². The van der Waals surface area contributed by atoms with Gasteiger partial charge in [-0.15, -0.1) is 0 Å². The molecule has 0 saturated carbocycles. The third-order valence-corrected chi connectivity index (χ3v) is 6.73. The zero-order valence-corrected chi connectivity index (χ0v) is 22.2. The molecule has 1 saturated heterocycles. The van der Waals surface area contributed by atoms with Crippen molar-refractivity contribution in [2.45, 2.75) is 46.3 Å². The largest absolute Gasteiger partial charge is 0.459 e. The molecule has 10 nitrogen and oxygen atoms in total. The van der Waals surface area contributed by atoms with Crippen LogP contribution in [-0.4, -0.2) is 61.9 Å². The van der Waals surface area contributed by atoms with Gasteiger partial charge in [-0.3, -0.25) is 14.4 Å². The lowest BCUT2D eigenvalue weighted by Crippen LogP contribution is -2.58. The Morgan fingerprint density at radius 3 is 2.58 bits per heavy atom. The molecular formula is C25H29BrN6O4. The Morgan fingerprint density at radius 2 is 1.92 bits per heavy atom. The molecule has 0 spiro atoms. The molecule has 1 aliphatic heterocycles. The monoisotopic (exact) mass is 556 g/mol. The van der Waals surface area contributed by atoms with E-state index in [1.165, 1.54) is 0 Å². The molecule has 1 fully saturated rings. The van der Waals surface area contributed by atoms with E-state index in [0.29, 0.717) is 30.5 Å². The summed E-state index contributed by atoms with van der Waals surface area (Å²) in [6, 6.07) is 6.44. The van der Waals surface area contributed by atoms with Crippen molar-refractivity contribution in [1.82, 2.24) is 30.2 Å². The molecule has 4 rings (SSSR count). The SMILES string of the molecule is CC(C)[C@H](NC(=O)c1nc2ccccc2[nH]c1=O)C(=O)N1CCC(Oc2ncc(Br)cn2)C(C)(C)C1. The van der Waals surface area contributed by atoms with Crippen molar-refractivity contribution < 1.29 is 14.3 Å². The van der Waals surface area contributed by atoms with E-state index in [1.54, 1.807) is 41.6 Å². The van der Waals surface area contributed by atoms with Crippen LogP contribution in [0.4, 0.5) is 0 Å². The number of nitrogens with zero attached hydrogens (tertiary/aromatic N) is 4. The number of carbonyl (C=O) groups excluding carboxylic acids is 2. The van der Waals surface area contributed by atoms with Crippen LogP contribution in [0.15, 0.2) is 45.9 Å². The minimum atomic E-state index is -0.812. The van der Waals surface area contributed by atoms with Gasteiger partial charge in [0.25, 0.3) is 11.5 Å². The fraction of sp³-hybridized carbons (Fsp3) is 0.440. The fourth-order valence-electron chi connectivity index (χ4n) is 4.34. The van der Waals surface area contributed by atoms with Gasteiger partial charge >= 0.3 is 6.01 Å². The fourth-order valence-corrected chi connectivity index (χ4v) is 4.54. The summed E-state index contributed by atoms with van der Waals surface area (Å²) < 4.78 is 6.80. The highest BCUT2D eigenvalue weighted by Gasteiger charge is 2.41. The lowest BCUT2D eigenvalue weighted by atomic mass is 9.80. The molecule has 36 heavy (non-hydrogen) atoms. The molecule has 0 radical (unpaired) electrons. The van der Waals surface area contributed by atoms with Crippen molar-refractivity contribution in [1.29, 1.82) is 0 Å². The quantitative estimate of drug-likeness (QED) is 0.477. The number of likely N-dealkylation sites (tertiary alicyclic amines) is 1. The smallest absolute Gasteiger partial charge is 0.316 e. The Bertz CT molecular complexity index is 1320. The van der Waals surface area contributed by atoms with Crippen LogP contribution in [-0.2, 0) is 4.79 Å². The minimum absolute atomic E-state index is 0.185. The van der Waals surface area contributed by atoms with Crippen molar-refractivity contribution in [3.63, 3.8) is 0 Å². The first-order valence-electron chi connectivity index (χ1n) is 11.8. The molecule has 1 aliphatic rings. The van der Waals surface area contributed by atoms with Crippen LogP contribution in [0.3, 0.4) is 0 Å². The van der Waals surface area contributed by atoms with Gasteiger partial charge in [-0.25, -0.2) is 15.0 Å². The van der Waals surface area contributed by atoms with Gasteiger partial charge in [0.15, 0.2) is 5.69 Å². The summed E-state index contributed by atoms with van der Waals surface area (Å²) in [6.07, 6.45) is 3.65. The number of aromatic amines is 1. The van der Waals surface area contributed by atoms with Crippen LogP contribution in [0.5, 0.6) is 6.01 Å². The first-order valence-corrected chi connectivity index (χ1v) is 12.6. The van der Waals surface area contributed by atoms with Crippen LogP contribution in [0.1, 0.15) is 44.6 Å². The van der Waals surface area contributed by atoms with Crippen molar-refractivity contribution >= 4 is 38.8 Å². The zero-order valence-electron chi connectivity index (χ0n) is 20.6. The van der Waals surface area contributed by atoms with Crippen LogP contribution in [0.25, 0.3) is 11.0 Å². The molecule has 2 atom stereocenters. The van der Waals surface area contributed by atoms with Gasteiger partial charge in [-0.2, -0.15) is 0 Å². The average molecular weight is 557 g/mol. The number of nitrogens with one attached hydrogen (secondary N) is 2. The van der Waals surface area contributed by atoms with E-state index < -0.39 is 17.5 Å². The maximum absolute atomic E-state index is 13.5. The lowest BCUT2D eigenvalue weighted by Gasteiger charge is -2.44. The van der Waals surface area contributed by atoms with Crippen LogP contribution < -0.4 is 15.6 Å². The number of halogens is 1. The minimum Gasteiger partial charge on any atom is -0.459 e. The molecule has 2 N–H and O–H groups in total. The van der Waals surface area contributed by atoms with E-state index in [0.717, 1.165) is 4.47 Å². The predicted octanol–water partition coefficient (Wildman–Crippen LogP) is 2.94. The number of aromatic nitrogens is 4. The van der Waals surface area contributed by atoms with Crippen LogP contribution in [0, 0.1) is 11.3 Å². The van der Waals surface area contributed by atoms with Crippen molar-refractivity contribution in [2.24, 2.45) is 11.3 Å². The van der Waals surface area contributed by atoms with Gasteiger partial charge in [0.2, 0.25) is 5.91 Å². The second-order valence-corrected chi connectivity index (χ2v) is 10.9. The maximum Gasteiger partial charge on any atom is 0.316 e. The number of piperidine rings is 1. The van der Waals surface area contributed by atoms with E-state index >= 15 is 0 Å². The Balaban J connectivity index is 1.47. The summed E-state index contributed by atoms with van der Waals surface area (Å²) in [4.78, 5) is 56.0. The Labute approximate surface area is 217 Å². The Hall–Kier alpha value is -3.34. The Morgan fingerprint density at radius 1 is 1.22 bits per heavy atom. The van der Waals surface area contributed by atoms with Gasteiger partial charge in [0, 0.05) is 37.3 Å². The zero-order chi connectivity index (χ0) is 26.0. The van der Waals surface area contributed by atoms with Crippen LogP contribution in [0.2, 0.25) is 0 Å². The molecule has 3 aromatic rings. The molecule has 3 heterocycles. The van der Waals surface area contributed by atoms with E-state index in [9.17, 15) is 14.4 Å². The predicted molar refractivity (Wildman–Crippen MR) is 138 cm³/mol. The highest BCUT2D eigenvalue weighted by atomic mass is 79.9. The van der Waals surface area contributed by atoms with E-state index in [1.807, 2.05) is 27.7 Å². The number of para-hydroxylation sites is 2. The first kappa shape index (κ1) is 25.7. The second-order valence-electron chi connectivity index (χ2n) is 9.95. The van der Waals surface area contributed by atoms with Gasteiger partial charge in [0.05, 0.1) is 15.5 Å². The number of carbonyl (C=O) groups is 2. The molecular weight excluding hydrogens is 528 g/mol. The highest BCUT2D eigenvalue weighted by molar-refractivity contribution is 9.10. The average Bonchev–Trinajstić information content (AvgIpc) is 2.83. The third kappa shape index (κ3) is 5.56.